The Bertz CT molecular complexity index is 730. The van der Waals surface area contributed by atoms with Crippen LogP contribution >= 0.6 is 0 Å². The average molecular weight is 353 g/mol. The van der Waals surface area contributed by atoms with E-state index in [0.29, 0.717) is 17.9 Å². The number of aryl methyl sites for hydroxylation is 1. The van der Waals surface area contributed by atoms with E-state index in [0.717, 1.165) is 31.7 Å². The second-order valence-electron chi connectivity index (χ2n) is 7.84. The van der Waals surface area contributed by atoms with Gasteiger partial charge in [-0.25, -0.2) is 4.39 Å². The number of nitrogens with zero attached hydrogens (tertiary/aromatic N) is 1. The number of likely N-dealkylation sites (tertiary alicyclic amines) is 1. The fourth-order valence-electron chi connectivity index (χ4n) is 4.50. The van der Waals surface area contributed by atoms with Gasteiger partial charge in [-0.2, -0.15) is 0 Å². The van der Waals surface area contributed by atoms with Gasteiger partial charge < -0.3 is 0 Å². The minimum atomic E-state index is -0.141. The van der Waals surface area contributed by atoms with Crippen molar-refractivity contribution in [2.45, 2.75) is 38.3 Å². The number of hydrogen-bond donors (Lipinski definition) is 2. The second-order valence-corrected chi connectivity index (χ2v) is 7.84. The third-order valence-electron chi connectivity index (χ3n) is 5.88. The summed E-state index contributed by atoms with van der Waals surface area (Å²) >= 11 is 0. The standard InChI is InChI=1S/C22H28FN3/c1-16-7-9-17(10-8-16)14-26-11-3-5-19(15-26)22-21(13-24-25-22)18-4-2-6-20(23)12-18/h2,4,6-10,12,19,21-22,24-25H,3,5,11,13-15H2,1H3. The quantitative estimate of drug-likeness (QED) is 0.879. The minimum absolute atomic E-state index is 0.141. The molecule has 3 unspecified atom stereocenters. The van der Waals surface area contributed by atoms with E-state index in [-0.39, 0.29) is 5.82 Å². The Morgan fingerprint density at radius 3 is 2.81 bits per heavy atom. The van der Waals surface area contributed by atoms with E-state index < -0.39 is 0 Å². The smallest absolute Gasteiger partial charge is 0.123 e. The second kappa shape index (κ2) is 7.87. The molecule has 3 nitrogen and oxygen atoms in total. The highest BCUT2D eigenvalue weighted by Crippen LogP contribution is 2.32. The van der Waals surface area contributed by atoms with E-state index in [9.17, 15) is 4.39 Å². The van der Waals surface area contributed by atoms with E-state index in [2.05, 4.69) is 53.0 Å². The van der Waals surface area contributed by atoms with Crippen LogP contribution in [0, 0.1) is 18.7 Å². The lowest BCUT2D eigenvalue weighted by Gasteiger charge is -2.37. The summed E-state index contributed by atoms with van der Waals surface area (Å²) in [5.41, 5.74) is 10.6. The molecule has 2 aliphatic heterocycles. The van der Waals surface area contributed by atoms with Crippen LogP contribution in [0.5, 0.6) is 0 Å². The largest absolute Gasteiger partial charge is 0.299 e. The molecular formula is C22H28FN3. The van der Waals surface area contributed by atoms with Crippen LogP contribution in [-0.2, 0) is 6.54 Å². The molecule has 4 rings (SSSR count). The molecule has 2 heterocycles. The SMILES string of the molecule is Cc1ccc(CN2CCCC(C3NNCC3c3cccc(F)c3)C2)cc1. The maximum atomic E-state index is 13.7. The zero-order chi connectivity index (χ0) is 17.9. The van der Waals surface area contributed by atoms with Crippen molar-refractivity contribution >= 4 is 0 Å². The first-order valence-corrected chi connectivity index (χ1v) is 9.71. The lowest BCUT2D eigenvalue weighted by Crippen LogP contribution is -2.46. The topological polar surface area (TPSA) is 27.3 Å². The summed E-state index contributed by atoms with van der Waals surface area (Å²) in [7, 11) is 0. The predicted molar refractivity (Wildman–Crippen MR) is 103 cm³/mol. The lowest BCUT2D eigenvalue weighted by molar-refractivity contribution is 0.139. The van der Waals surface area contributed by atoms with E-state index in [1.165, 1.54) is 30.0 Å². The molecule has 2 aliphatic rings. The highest BCUT2D eigenvalue weighted by atomic mass is 19.1. The normalized spacial score (nSPS) is 26.9. The summed E-state index contributed by atoms with van der Waals surface area (Å²) < 4.78 is 13.7. The van der Waals surface area contributed by atoms with Crippen LogP contribution < -0.4 is 10.9 Å². The Kier molecular flexibility index (Phi) is 5.34. The number of nitrogens with one attached hydrogen (secondary N) is 2. The summed E-state index contributed by atoms with van der Waals surface area (Å²) in [6, 6.07) is 16.3. The first-order chi connectivity index (χ1) is 12.7. The summed E-state index contributed by atoms with van der Waals surface area (Å²) in [4.78, 5) is 2.57. The maximum absolute atomic E-state index is 13.7. The van der Waals surface area contributed by atoms with E-state index in [1.807, 2.05) is 6.07 Å². The van der Waals surface area contributed by atoms with E-state index in [1.54, 1.807) is 6.07 Å². The van der Waals surface area contributed by atoms with Crippen molar-refractivity contribution in [2.24, 2.45) is 5.92 Å². The van der Waals surface area contributed by atoms with Gasteiger partial charge in [0.05, 0.1) is 0 Å². The fraction of sp³-hybridized carbons (Fsp3) is 0.455. The molecule has 26 heavy (non-hydrogen) atoms. The first kappa shape index (κ1) is 17.7. The number of benzene rings is 2. The van der Waals surface area contributed by atoms with Crippen molar-refractivity contribution in [3.05, 3.63) is 71.0 Å². The fourth-order valence-corrected chi connectivity index (χ4v) is 4.50. The van der Waals surface area contributed by atoms with Gasteiger partial charge in [-0.05, 0) is 55.5 Å². The highest BCUT2D eigenvalue weighted by Gasteiger charge is 2.36. The number of rotatable bonds is 4. The molecule has 0 radical (unpaired) electrons. The van der Waals surface area contributed by atoms with Gasteiger partial charge >= 0.3 is 0 Å². The first-order valence-electron chi connectivity index (χ1n) is 9.71. The minimum Gasteiger partial charge on any atom is -0.299 e. The molecule has 0 aliphatic carbocycles. The number of hydrogen-bond acceptors (Lipinski definition) is 3. The van der Waals surface area contributed by atoms with Crippen molar-refractivity contribution in [2.75, 3.05) is 19.6 Å². The van der Waals surface area contributed by atoms with Gasteiger partial charge in [0, 0.05) is 31.6 Å². The van der Waals surface area contributed by atoms with E-state index >= 15 is 0 Å². The average Bonchev–Trinajstić information content (AvgIpc) is 3.14. The van der Waals surface area contributed by atoms with Crippen LogP contribution in [0.3, 0.4) is 0 Å². The van der Waals surface area contributed by atoms with Crippen LogP contribution in [0.4, 0.5) is 4.39 Å². The van der Waals surface area contributed by atoms with Gasteiger partial charge in [-0.1, -0.05) is 42.0 Å². The highest BCUT2D eigenvalue weighted by molar-refractivity contribution is 5.25. The predicted octanol–water partition coefficient (Wildman–Crippen LogP) is 3.61. The molecular weight excluding hydrogens is 325 g/mol. The van der Waals surface area contributed by atoms with Crippen LogP contribution in [-0.4, -0.2) is 30.6 Å². The molecule has 0 aromatic heterocycles. The van der Waals surface area contributed by atoms with Gasteiger partial charge in [-0.3, -0.25) is 15.8 Å². The van der Waals surface area contributed by atoms with Gasteiger partial charge in [0.2, 0.25) is 0 Å². The molecule has 0 amide bonds. The van der Waals surface area contributed by atoms with Gasteiger partial charge in [0.15, 0.2) is 0 Å². The summed E-state index contributed by atoms with van der Waals surface area (Å²) in [5, 5.41) is 0. The molecule has 0 spiro atoms. The van der Waals surface area contributed by atoms with Crippen LogP contribution in [0.15, 0.2) is 48.5 Å². The van der Waals surface area contributed by atoms with Gasteiger partial charge in [0.25, 0.3) is 0 Å². The van der Waals surface area contributed by atoms with E-state index in [4.69, 9.17) is 0 Å². The van der Waals surface area contributed by atoms with Crippen molar-refractivity contribution in [3.63, 3.8) is 0 Å². The van der Waals surface area contributed by atoms with Crippen LogP contribution in [0.1, 0.15) is 35.4 Å². The summed E-state index contributed by atoms with van der Waals surface area (Å²) in [6.45, 7) is 6.27. The molecule has 138 valence electrons. The lowest BCUT2D eigenvalue weighted by atomic mass is 9.81. The molecule has 2 aromatic rings. The van der Waals surface area contributed by atoms with Crippen LogP contribution in [0.2, 0.25) is 0 Å². The molecule has 2 N–H and O–H groups in total. The van der Waals surface area contributed by atoms with Crippen molar-refractivity contribution in [1.29, 1.82) is 0 Å². The van der Waals surface area contributed by atoms with Gasteiger partial charge in [-0.15, -0.1) is 0 Å². The van der Waals surface area contributed by atoms with Crippen molar-refractivity contribution in [3.8, 4) is 0 Å². The van der Waals surface area contributed by atoms with Crippen molar-refractivity contribution < 1.29 is 4.39 Å². The van der Waals surface area contributed by atoms with Crippen LogP contribution in [0.25, 0.3) is 0 Å². The third-order valence-corrected chi connectivity index (χ3v) is 5.88. The molecule has 2 saturated heterocycles. The zero-order valence-corrected chi connectivity index (χ0v) is 15.4. The molecule has 4 heteroatoms. The Balaban J connectivity index is 1.44. The molecule has 0 saturated carbocycles. The maximum Gasteiger partial charge on any atom is 0.123 e. The number of halogens is 1. The monoisotopic (exact) mass is 353 g/mol. The molecule has 3 atom stereocenters. The Labute approximate surface area is 155 Å². The van der Waals surface area contributed by atoms with Crippen molar-refractivity contribution in [1.82, 2.24) is 15.8 Å². The zero-order valence-electron chi connectivity index (χ0n) is 15.4. The Morgan fingerprint density at radius 2 is 2.00 bits per heavy atom. The molecule has 0 bridgehead atoms. The summed E-state index contributed by atoms with van der Waals surface area (Å²) in [5.74, 6) is 0.769. The summed E-state index contributed by atoms with van der Waals surface area (Å²) in [6.07, 6.45) is 2.46. The van der Waals surface area contributed by atoms with Gasteiger partial charge in [0.1, 0.15) is 5.82 Å². The molecule has 2 aromatic carbocycles. The Hall–Kier alpha value is -1.75. The third kappa shape index (κ3) is 3.98. The Morgan fingerprint density at radius 1 is 1.15 bits per heavy atom. The number of piperidine rings is 1. The molecule has 2 fully saturated rings. The number of hydrazine groups is 1.